The van der Waals surface area contributed by atoms with Crippen LogP contribution in [0.2, 0.25) is 0 Å². The summed E-state index contributed by atoms with van der Waals surface area (Å²) in [6.45, 7) is 4.79. The van der Waals surface area contributed by atoms with Crippen molar-refractivity contribution in [1.29, 1.82) is 0 Å². The van der Waals surface area contributed by atoms with Crippen molar-refractivity contribution in [3.05, 3.63) is 59.7 Å². The number of hydrogen-bond donors (Lipinski definition) is 8. The van der Waals surface area contributed by atoms with Crippen molar-refractivity contribution in [3.8, 4) is 11.5 Å². The van der Waals surface area contributed by atoms with E-state index in [1.165, 1.54) is 31.2 Å². The van der Waals surface area contributed by atoms with E-state index in [1.807, 2.05) is 6.92 Å². The van der Waals surface area contributed by atoms with Crippen LogP contribution in [-0.4, -0.2) is 74.4 Å². The van der Waals surface area contributed by atoms with Gasteiger partial charge in [0.05, 0.1) is 12.1 Å². The van der Waals surface area contributed by atoms with Crippen LogP contribution in [0.3, 0.4) is 0 Å². The van der Waals surface area contributed by atoms with Gasteiger partial charge in [0.2, 0.25) is 17.7 Å². The first-order valence-corrected chi connectivity index (χ1v) is 13.0. The predicted octanol–water partition coefficient (Wildman–Crippen LogP) is 0.176. The molecule has 0 aliphatic heterocycles. The second-order valence-electron chi connectivity index (χ2n) is 9.85. The summed E-state index contributed by atoms with van der Waals surface area (Å²) in [5, 5.41) is 45.7. The third kappa shape index (κ3) is 9.54. The molecule has 2 aromatic carbocycles. The molecule has 0 spiro atoms. The molecule has 3 amide bonds. The summed E-state index contributed by atoms with van der Waals surface area (Å²) in [5.74, 6) is -3.86. The lowest BCUT2D eigenvalue weighted by atomic mass is 9.96. The molecule has 6 atom stereocenters. The van der Waals surface area contributed by atoms with Crippen LogP contribution in [0.15, 0.2) is 48.5 Å². The van der Waals surface area contributed by atoms with Crippen LogP contribution in [0.1, 0.15) is 38.3 Å². The van der Waals surface area contributed by atoms with Crippen LogP contribution in [0, 0.1) is 5.92 Å². The molecule has 0 bridgehead atoms. The zero-order valence-electron chi connectivity index (χ0n) is 22.7. The molecule has 6 unspecified atom stereocenters. The molecule has 0 saturated heterocycles. The number of phenols is 2. The van der Waals surface area contributed by atoms with Gasteiger partial charge in [-0.3, -0.25) is 14.4 Å². The van der Waals surface area contributed by atoms with Crippen LogP contribution in [0.25, 0.3) is 0 Å². The van der Waals surface area contributed by atoms with Crippen molar-refractivity contribution >= 4 is 23.7 Å². The Hall–Kier alpha value is -4.16. The smallest absolute Gasteiger partial charge is 0.328 e. The van der Waals surface area contributed by atoms with Gasteiger partial charge >= 0.3 is 5.97 Å². The van der Waals surface area contributed by atoms with Gasteiger partial charge in [0.15, 0.2) is 6.04 Å². The maximum Gasteiger partial charge on any atom is 0.328 e. The summed E-state index contributed by atoms with van der Waals surface area (Å²) in [6, 6.07) is 7.15. The average molecular weight is 559 g/mol. The fourth-order valence-electron chi connectivity index (χ4n) is 3.92. The third-order valence-electron chi connectivity index (χ3n) is 6.58. The van der Waals surface area contributed by atoms with Gasteiger partial charge in [-0.15, -0.1) is 0 Å². The number of carboxylic acids is 1. The largest absolute Gasteiger partial charge is 0.508 e. The number of aliphatic carboxylic acids is 1. The summed E-state index contributed by atoms with van der Waals surface area (Å²) < 4.78 is 0. The number of nitrogens with two attached hydrogens (primary N) is 1. The first kappa shape index (κ1) is 32.1. The lowest BCUT2D eigenvalue weighted by Crippen LogP contribution is -2.60. The number of aromatic hydroxyl groups is 2. The number of carbonyl (C=O) groups is 4. The fraction of sp³-hybridized carbons (Fsp3) is 0.429. The zero-order chi connectivity index (χ0) is 30.0. The van der Waals surface area contributed by atoms with E-state index in [0.717, 1.165) is 0 Å². The Balaban J connectivity index is 2.23. The Labute approximate surface area is 232 Å². The van der Waals surface area contributed by atoms with Gasteiger partial charge in [-0.2, -0.15) is 0 Å². The molecule has 40 heavy (non-hydrogen) atoms. The molecule has 0 saturated carbocycles. The molecule has 9 N–H and O–H groups in total. The quantitative estimate of drug-likeness (QED) is 0.159. The normalized spacial score (nSPS) is 15.5. The second kappa shape index (κ2) is 14.8. The standard InChI is InChI=1S/C28H38N4O8/c1-4-15(2)23(31-25(36)21(29)13-17-5-9-19(34)10-6-17)27(38)30-22(14-18-7-11-20(35)12-8-18)26(37)32-24(16(3)33)28(39)40/h5-12,15-16,21-24,33-35H,4,13-14,29H2,1-3H3,(H,30,38)(H,31,36)(H,32,37)(H,39,40). The average Bonchev–Trinajstić information content (AvgIpc) is 2.91. The molecule has 0 aliphatic rings. The fourth-order valence-corrected chi connectivity index (χ4v) is 3.92. The minimum absolute atomic E-state index is 0.00276. The number of aliphatic hydroxyl groups excluding tert-OH is 1. The third-order valence-corrected chi connectivity index (χ3v) is 6.58. The first-order chi connectivity index (χ1) is 18.8. The van der Waals surface area contributed by atoms with Crippen molar-refractivity contribution in [1.82, 2.24) is 16.0 Å². The molecule has 0 aromatic heterocycles. The van der Waals surface area contributed by atoms with Crippen molar-refractivity contribution in [3.63, 3.8) is 0 Å². The zero-order valence-corrected chi connectivity index (χ0v) is 22.7. The van der Waals surface area contributed by atoms with Crippen molar-refractivity contribution in [2.24, 2.45) is 11.7 Å². The number of carboxylic acid groups (broad SMARTS) is 1. The molecular formula is C28H38N4O8. The van der Waals surface area contributed by atoms with E-state index in [0.29, 0.717) is 17.5 Å². The SMILES string of the molecule is CCC(C)C(NC(=O)C(N)Cc1ccc(O)cc1)C(=O)NC(Cc1ccc(O)cc1)C(=O)NC(C(=O)O)C(C)O. The molecule has 0 fully saturated rings. The number of carbonyl (C=O) groups excluding carboxylic acids is 3. The van der Waals surface area contributed by atoms with Gasteiger partial charge in [-0.1, -0.05) is 44.5 Å². The Kier molecular flexibility index (Phi) is 11.9. The Morgan fingerprint density at radius 2 is 1.23 bits per heavy atom. The molecule has 218 valence electrons. The topological polar surface area (TPSA) is 211 Å². The number of benzene rings is 2. The van der Waals surface area contributed by atoms with Gasteiger partial charge in [-0.05, 0) is 54.7 Å². The molecule has 0 aliphatic carbocycles. The van der Waals surface area contributed by atoms with E-state index in [1.54, 1.807) is 31.2 Å². The predicted molar refractivity (Wildman–Crippen MR) is 146 cm³/mol. The molecule has 2 rings (SSSR count). The van der Waals surface area contributed by atoms with Crippen molar-refractivity contribution in [2.45, 2.75) is 70.3 Å². The highest BCUT2D eigenvalue weighted by Crippen LogP contribution is 2.14. The minimum Gasteiger partial charge on any atom is -0.508 e. The number of phenolic OH excluding ortho intramolecular Hbond substituents is 2. The summed E-state index contributed by atoms with van der Waals surface area (Å²) in [4.78, 5) is 51.0. The van der Waals surface area contributed by atoms with Crippen LogP contribution >= 0.6 is 0 Å². The summed E-state index contributed by atoms with van der Waals surface area (Å²) in [6.07, 6.45) is -0.814. The second-order valence-corrected chi connectivity index (χ2v) is 9.85. The lowest BCUT2D eigenvalue weighted by Gasteiger charge is -2.28. The number of aliphatic hydroxyl groups is 1. The molecular weight excluding hydrogens is 520 g/mol. The monoisotopic (exact) mass is 558 g/mol. The highest BCUT2D eigenvalue weighted by atomic mass is 16.4. The summed E-state index contributed by atoms with van der Waals surface area (Å²) in [5.41, 5.74) is 7.35. The molecule has 12 nitrogen and oxygen atoms in total. The van der Waals surface area contributed by atoms with E-state index in [9.17, 15) is 39.6 Å². The number of hydrogen-bond acceptors (Lipinski definition) is 8. The molecule has 12 heteroatoms. The lowest BCUT2D eigenvalue weighted by molar-refractivity contribution is -0.145. The number of nitrogens with one attached hydrogen (secondary N) is 3. The molecule has 0 heterocycles. The number of amides is 3. The highest BCUT2D eigenvalue weighted by molar-refractivity contribution is 5.94. The van der Waals surface area contributed by atoms with E-state index in [2.05, 4.69) is 16.0 Å². The minimum atomic E-state index is -1.62. The Morgan fingerprint density at radius 1 is 0.750 bits per heavy atom. The van der Waals surface area contributed by atoms with Gasteiger partial charge in [0.25, 0.3) is 0 Å². The summed E-state index contributed by atoms with van der Waals surface area (Å²) >= 11 is 0. The highest BCUT2D eigenvalue weighted by Gasteiger charge is 2.33. The molecule has 0 radical (unpaired) electrons. The van der Waals surface area contributed by atoms with Crippen molar-refractivity contribution < 1.29 is 39.6 Å². The molecule has 2 aromatic rings. The van der Waals surface area contributed by atoms with Gasteiger partial charge < -0.3 is 42.1 Å². The first-order valence-electron chi connectivity index (χ1n) is 13.0. The Morgan fingerprint density at radius 3 is 1.68 bits per heavy atom. The van der Waals surface area contributed by atoms with Crippen LogP contribution in [0.4, 0.5) is 0 Å². The van der Waals surface area contributed by atoms with Crippen LogP contribution in [0.5, 0.6) is 11.5 Å². The summed E-state index contributed by atoms with van der Waals surface area (Å²) in [7, 11) is 0. The van der Waals surface area contributed by atoms with Crippen molar-refractivity contribution in [2.75, 3.05) is 0 Å². The van der Waals surface area contributed by atoms with E-state index < -0.39 is 54.0 Å². The van der Waals surface area contributed by atoms with Gasteiger partial charge in [-0.25, -0.2) is 4.79 Å². The van der Waals surface area contributed by atoms with Gasteiger partial charge in [0.1, 0.15) is 23.6 Å². The van der Waals surface area contributed by atoms with Crippen LogP contribution < -0.4 is 21.7 Å². The number of rotatable bonds is 14. The maximum absolute atomic E-state index is 13.4. The maximum atomic E-state index is 13.4. The Bertz CT molecular complexity index is 1150. The van der Waals surface area contributed by atoms with E-state index in [-0.39, 0.29) is 30.3 Å². The van der Waals surface area contributed by atoms with E-state index in [4.69, 9.17) is 5.73 Å². The van der Waals surface area contributed by atoms with Gasteiger partial charge in [0, 0.05) is 6.42 Å². The van der Waals surface area contributed by atoms with Crippen LogP contribution in [-0.2, 0) is 32.0 Å². The van der Waals surface area contributed by atoms with E-state index >= 15 is 0 Å².